The van der Waals surface area contributed by atoms with Gasteiger partial charge in [-0.15, -0.1) is 11.3 Å². The Balaban J connectivity index is 2.20. The molecule has 1 unspecified atom stereocenters. The number of fused-ring (bicyclic) bond motifs is 1. The lowest BCUT2D eigenvalue weighted by molar-refractivity contribution is -0.126. The van der Waals surface area contributed by atoms with E-state index in [4.69, 9.17) is 11.6 Å². The second-order valence-electron chi connectivity index (χ2n) is 4.38. The first kappa shape index (κ1) is 14.1. The Morgan fingerprint density at radius 3 is 3.11 bits per heavy atom. The van der Waals surface area contributed by atoms with Gasteiger partial charge in [-0.2, -0.15) is 0 Å². The molecule has 2 aromatic rings. The number of thiazole rings is 1. The Morgan fingerprint density at radius 2 is 2.42 bits per heavy atom. The Labute approximate surface area is 121 Å². The smallest absolute Gasteiger partial charge is 0.246 e. The number of hydrogen-bond donors (Lipinski definition) is 0. The molecule has 2 aromatic heterocycles. The summed E-state index contributed by atoms with van der Waals surface area (Å²) in [6.45, 7) is 4.08. The minimum absolute atomic E-state index is 0.0319. The van der Waals surface area contributed by atoms with Crippen LogP contribution in [0.2, 0.25) is 5.15 Å². The molecule has 0 aliphatic heterocycles. The van der Waals surface area contributed by atoms with Gasteiger partial charge < -0.3 is 4.90 Å². The zero-order valence-electron chi connectivity index (χ0n) is 11.1. The van der Waals surface area contributed by atoms with Gasteiger partial charge in [0, 0.05) is 30.7 Å². The van der Waals surface area contributed by atoms with E-state index in [1.165, 1.54) is 11.3 Å². The number of carbonyl (C=O) groups is 1. The van der Waals surface area contributed by atoms with Crippen molar-refractivity contribution in [1.82, 2.24) is 14.3 Å². The Bertz CT molecular complexity index is 616. The van der Waals surface area contributed by atoms with Crippen molar-refractivity contribution >= 4 is 39.9 Å². The molecule has 102 valence electrons. The maximum atomic E-state index is 12.0. The zero-order valence-corrected chi connectivity index (χ0v) is 12.7. The SMILES string of the molecule is CCC(C)N(C)C(=O)/C=C/c1c(Cl)nc2sccn12. The number of hydrogen-bond acceptors (Lipinski definition) is 3. The molecular weight excluding hydrogens is 282 g/mol. The fourth-order valence-electron chi connectivity index (χ4n) is 1.68. The molecular formula is C13H16ClN3OS. The molecule has 2 heterocycles. The van der Waals surface area contributed by atoms with Crippen LogP contribution >= 0.6 is 22.9 Å². The first-order valence-electron chi connectivity index (χ1n) is 6.10. The van der Waals surface area contributed by atoms with E-state index < -0.39 is 0 Å². The fraction of sp³-hybridized carbons (Fsp3) is 0.385. The summed E-state index contributed by atoms with van der Waals surface area (Å²) in [5.41, 5.74) is 0.740. The monoisotopic (exact) mass is 297 g/mol. The van der Waals surface area contributed by atoms with Crippen molar-refractivity contribution in [1.29, 1.82) is 0 Å². The van der Waals surface area contributed by atoms with E-state index >= 15 is 0 Å². The van der Waals surface area contributed by atoms with Gasteiger partial charge in [-0.05, 0) is 19.4 Å². The molecule has 0 saturated carbocycles. The van der Waals surface area contributed by atoms with E-state index in [0.717, 1.165) is 17.1 Å². The average molecular weight is 298 g/mol. The lowest BCUT2D eigenvalue weighted by Crippen LogP contribution is -2.33. The lowest BCUT2D eigenvalue weighted by atomic mass is 10.2. The quantitative estimate of drug-likeness (QED) is 0.812. The second-order valence-corrected chi connectivity index (χ2v) is 5.61. The Hall–Kier alpha value is -1.33. The van der Waals surface area contributed by atoms with Crippen molar-refractivity contribution in [3.8, 4) is 0 Å². The zero-order chi connectivity index (χ0) is 14.0. The summed E-state index contributed by atoms with van der Waals surface area (Å²) in [5.74, 6) is -0.0319. The summed E-state index contributed by atoms with van der Waals surface area (Å²) < 4.78 is 1.88. The molecule has 0 aliphatic rings. The standard InChI is InChI=1S/C13H16ClN3OS/c1-4-9(2)16(3)11(18)6-5-10-12(14)15-13-17(10)7-8-19-13/h5-9H,4H2,1-3H3/b6-5+. The maximum Gasteiger partial charge on any atom is 0.246 e. The number of amides is 1. The third-order valence-electron chi connectivity index (χ3n) is 3.24. The Morgan fingerprint density at radius 1 is 1.68 bits per heavy atom. The number of likely N-dealkylation sites (N-methyl/N-ethyl adjacent to an activating group) is 1. The van der Waals surface area contributed by atoms with Crippen LogP contribution in [0.25, 0.3) is 11.0 Å². The normalized spacial score (nSPS) is 13.3. The summed E-state index contributed by atoms with van der Waals surface area (Å²) in [7, 11) is 1.80. The van der Waals surface area contributed by atoms with E-state index in [2.05, 4.69) is 11.9 Å². The highest BCUT2D eigenvalue weighted by Gasteiger charge is 2.12. The lowest BCUT2D eigenvalue weighted by Gasteiger charge is -2.22. The number of carbonyl (C=O) groups excluding carboxylic acids is 1. The average Bonchev–Trinajstić information content (AvgIpc) is 2.95. The molecule has 0 spiro atoms. The Kier molecular flexibility index (Phi) is 4.27. The van der Waals surface area contributed by atoms with E-state index in [1.807, 2.05) is 22.9 Å². The van der Waals surface area contributed by atoms with Crippen molar-refractivity contribution < 1.29 is 4.79 Å². The van der Waals surface area contributed by atoms with Crippen LogP contribution in [0.15, 0.2) is 17.7 Å². The molecule has 0 radical (unpaired) electrons. The van der Waals surface area contributed by atoms with Crippen LogP contribution in [0.5, 0.6) is 0 Å². The highest BCUT2D eigenvalue weighted by molar-refractivity contribution is 7.15. The van der Waals surface area contributed by atoms with Crippen molar-refractivity contribution in [2.45, 2.75) is 26.3 Å². The highest BCUT2D eigenvalue weighted by atomic mass is 35.5. The van der Waals surface area contributed by atoms with Gasteiger partial charge in [-0.25, -0.2) is 4.98 Å². The number of nitrogens with zero attached hydrogens (tertiary/aromatic N) is 3. The van der Waals surface area contributed by atoms with Gasteiger partial charge in [0.2, 0.25) is 5.91 Å². The summed E-state index contributed by atoms with van der Waals surface area (Å²) >= 11 is 7.57. The van der Waals surface area contributed by atoms with Crippen LogP contribution in [0.1, 0.15) is 26.0 Å². The van der Waals surface area contributed by atoms with Crippen LogP contribution in [-0.4, -0.2) is 33.3 Å². The third-order valence-corrected chi connectivity index (χ3v) is 4.27. The molecule has 4 nitrogen and oxygen atoms in total. The fourth-order valence-corrected chi connectivity index (χ4v) is 2.69. The maximum absolute atomic E-state index is 12.0. The van der Waals surface area contributed by atoms with Crippen LogP contribution in [-0.2, 0) is 4.79 Å². The molecule has 6 heteroatoms. The molecule has 1 amide bonds. The summed E-state index contributed by atoms with van der Waals surface area (Å²) in [6.07, 6.45) is 6.08. The van der Waals surface area contributed by atoms with Crippen LogP contribution in [0.4, 0.5) is 0 Å². The van der Waals surface area contributed by atoms with Gasteiger partial charge in [-0.1, -0.05) is 18.5 Å². The van der Waals surface area contributed by atoms with Crippen LogP contribution in [0.3, 0.4) is 0 Å². The number of rotatable bonds is 4. The molecule has 0 N–H and O–H groups in total. The minimum atomic E-state index is -0.0319. The van der Waals surface area contributed by atoms with E-state index in [1.54, 1.807) is 24.1 Å². The topological polar surface area (TPSA) is 37.6 Å². The van der Waals surface area contributed by atoms with Gasteiger partial charge in [0.15, 0.2) is 10.1 Å². The van der Waals surface area contributed by atoms with Crippen LogP contribution in [0, 0.1) is 0 Å². The minimum Gasteiger partial charge on any atom is -0.340 e. The van der Waals surface area contributed by atoms with E-state index in [0.29, 0.717) is 5.15 Å². The van der Waals surface area contributed by atoms with Crippen molar-refractivity contribution in [2.75, 3.05) is 7.05 Å². The van der Waals surface area contributed by atoms with E-state index in [-0.39, 0.29) is 11.9 Å². The molecule has 1 atom stereocenters. The van der Waals surface area contributed by atoms with Gasteiger partial charge >= 0.3 is 0 Å². The largest absolute Gasteiger partial charge is 0.340 e. The second kappa shape index (κ2) is 5.75. The van der Waals surface area contributed by atoms with E-state index in [9.17, 15) is 4.79 Å². The predicted octanol–water partition coefficient (Wildman–Crippen LogP) is 3.32. The first-order chi connectivity index (χ1) is 9.04. The molecule has 19 heavy (non-hydrogen) atoms. The number of halogens is 1. The van der Waals surface area contributed by atoms with Gasteiger partial charge in [0.1, 0.15) is 0 Å². The summed E-state index contributed by atoms with van der Waals surface area (Å²) in [4.78, 5) is 18.8. The molecule has 0 bridgehead atoms. The van der Waals surface area contributed by atoms with Gasteiger partial charge in [0.05, 0.1) is 5.69 Å². The van der Waals surface area contributed by atoms with Crippen LogP contribution < -0.4 is 0 Å². The summed E-state index contributed by atoms with van der Waals surface area (Å²) in [6, 6.07) is 0.222. The molecule has 0 aromatic carbocycles. The van der Waals surface area contributed by atoms with Crippen molar-refractivity contribution in [3.63, 3.8) is 0 Å². The number of imidazole rings is 1. The predicted molar refractivity (Wildman–Crippen MR) is 79.6 cm³/mol. The highest BCUT2D eigenvalue weighted by Crippen LogP contribution is 2.22. The molecule has 0 aliphatic carbocycles. The van der Waals surface area contributed by atoms with Gasteiger partial charge in [0.25, 0.3) is 0 Å². The van der Waals surface area contributed by atoms with Gasteiger partial charge in [-0.3, -0.25) is 9.20 Å². The number of aromatic nitrogens is 2. The third kappa shape index (κ3) is 2.82. The molecule has 0 fully saturated rings. The summed E-state index contributed by atoms with van der Waals surface area (Å²) in [5, 5.41) is 2.35. The van der Waals surface area contributed by atoms with Crippen molar-refractivity contribution in [3.05, 3.63) is 28.5 Å². The molecule has 2 rings (SSSR count). The molecule has 0 saturated heterocycles. The first-order valence-corrected chi connectivity index (χ1v) is 7.36. The van der Waals surface area contributed by atoms with Crippen molar-refractivity contribution in [2.24, 2.45) is 0 Å².